The Morgan fingerprint density at radius 1 is 1.27 bits per heavy atom. The minimum atomic E-state index is 0.0699. The molecule has 0 radical (unpaired) electrons. The number of thioether (sulfide) groups is 1. The van der Waals surface area contributed by atoms with Crippen molar-refractivity contribution in [2.45, 2.75) is 18.1 Å². The van der Waals surface area contributed by atoms with Gasteiger partial charge in [0.05, 0.1) is 16.7 Å². The molecule has 0 spiro atoms. The van der Waals surface area contributed by atoms with Crippen LogP contribution in [-0.4, -0.2) is 45.3 Å². The third-order valence-corrected chi connectivity index (χ3v) is 6.11. The Hall–Kier alpha value is -1.67. The Bertz CT molecular complexity index is 875. The molecule has 0 saturated carbocycles. The molecule has 0 fully saturated rings. The molecule has 136 valence electrons. The maximum Gasteiger partial charge on any atom is 0.196 e. The molecular weight excluding hydrogens is 388 g/mol. The molecule has 2 aromatic heterocycles. The van der Waals surface area contributed by atoms with Crippen LogP contribution in [0.15, 0.2) is 46.9 Å². The summed E-state index contributed by atoms with van der Waals surface area (Å²) in [6.07, 6.45) is 0. The maximum atomic E-state index is 12.3. The average Bonchev–Trinajstić information content (AvgIpc) is 3.29. The Labute approximate surface area is 166 Å². The quantitative estimate of drug-likeness (QED) is 0.424. The summed E-state index contributed by atoms with van der Waals surface area (Å²) in [5, 5.41) is 12.0. The van der Waals surface area contributed by atoms with Gasteiger partial charge >= 0.3 is 0 Å². The summed E-state index contributed by atoms with van der Waals surface area (Å²) in [6.45, 7) is 2.07. The smallest absolute Gasteiger partial charge is 0.196 e. The SMILES string of the molecule is C[C@@H](c1nnc(SCC(=O)c2cccs2)n1-c1ccc(Cl)cc1)N(C)C. The van der Waals surface area contributed by atoms with Crippen LogP contribution in [0.25, 0.3) is 5.69 Å². The van der Waals surface area contributed by atoms with E-state index in [9.17, 15) is 4.79 Å². The van der Waals surface area contributed by atoms with Crippen molar-refractivity contribution in [3.8, 4) is 5.69 Å². The fourth-order valence-electron chi connectivity index (χ4n) is 2.35. The molecule has 0 N–H and O–H groups in total. The minimum absolute atomic E-state index is 0.0699. The second-order valence-electron chi connectivity index (χ2n) is 5.98. The summed E-state index contributed by atoms with van der Waals surface area (Å²) in [5.41, 5.74) is 0.925. The molecule has 5 nitrogen and oxygen atoms in total. The van der Waals surface area contributed by atoms with Crippen molar-refractivity contribution in [2.75, 3.05) is 19.8 Å². The summed E-state index contributed by atoms with van der Waals surface area (Å²) in [7, 11) is 4.00. The number of carbonyl (C=O) groups is 1. The second kappa shape index (κ2) is 8.35. The number of Topliss-reactive ketones (excluding diaryl/α,β-unsaturated/α-hetero) is 1. The largest absolute Gasteiger partial charge is 0.300 e. The summed E-state index contributed by atoms with van der Waals surface area (Å²) in [5.74, 6) is 1.24. The molecule has 3 aromatic rings. The number of aromatic nitrogens is 3. The van der Waals surface area contributed by atoms with Crippen molar-refractivity contribution in [1.82, 2.24) is 19.7 Å². The highest BCUT2D eigenvalue weighted by atomic mass is 35.5. The van der Waals surface area contributed by atoms with Gasteiger partial charge in [0.2, 0.25) is 0 Å². The van der Waals surface area contributed by atoms with Crippen LogP contribution >= 0.6 is 34.7 Å². The normalized spacial score (nSPS) is 12.5. The van der Waals surface area contributed by atoms with Crippen LogP contribution in [0.3, 0.4) is 0 Å². The van der Waals surface area contributed by atoms with Crippen LogP contribution in [0.4, 0.5) is 0 Å². The van der Waals surface area contributed by atoms with Gasteiger partial charge in [0, 0.05) is 10.7 Å². The number of hydrogen-bond donors (Lipinski definition) is 0. The van der Waals surface area contributed by atoms with E-state index in [1.165, 1.54) is 23.1 Å². The van der Waals surface area contributed by atoms with E-state index in [-0.39, 0.29) is 11.8 Å². The fourth-order valence-corrected chi connectivity index (χ4v) is 4.07. The number of nitrogens with zero attached hydrogens (tertiary/aromatic N) is 4. The number of rotatable bonds is 7. The zero-order valence-corrected chi connectivity index (χ0v) is 17.1. The van der Waals surface area contributed by atoms with Gasteiger partial charge in [-0.2, -0.15) is 0 Å². The van der Waals surface area contributed by atoms with Crippen molar-refractivity contribution in [2.24, 2.45) is 0 Å². The van der Waals surface area contributed by atoms with Crippen molar-refractivity contribution >= 4 is 40.5 Å². The first kappa shape index (κ1) is 19.1. The second-order valence-corrected chi connectivity index (χ2v) is 8.31. The number of carbonyl (C=O) groups excluding carboxylic acids is 1. The first-order valence-electron chi connectivity index (χ1n) is 8.04. The van der Waals surface area contributed by atoms with Gasteiger partial charge in [-0.25, -0.2) is 0 Å². The van der Waals surface area contributed by atoms with Crippen molar-refractivity contribution in [3.63, 3.8) is 0 Å². The Morgan fingerprint density at radius 2 is 2.00 bits per heavy atom. The molecule has 0 aliphatic rings. The molecule has 0 aliphatic carbocycles. The van der Waals surface area contributed by atoms with Crippen LogP contribution in [0.1, 0.15) is 28.5 Å². The molecule has 26 heavy (non-hydrogen) atoms. The van der Waals surface area contributed by atoms with Crippen LogP contribution in [-0.2, 0) is 0 Å². The van der Waals surface area contributed by atoms with Crippen molar-refractivity contribution in [1.29, 1.82) is 0 Å². The van der Waals surface area contributed by atoms with Crippen LogP contribution in [0.2, 0.25) is 5.02 Å². The molecular formula is C18H19ClN4OS2. The molecule has 1 atom stereocenters. The Balaban J connectivity index is 1.91. The summed E-state index contributed by atoms with van der Waals surface area (Å²) in [4.78, 5) is 15.2. The topological polar surface area (TPSA) is 51.0 Å². The predicted octanol–water partition coefficient (Wildman–Crippen LogP) is 4.58. The first-order chi connectivity index (χ1) is 12.5. The lowest BCUT2D eigenvalue weighted by atomic mass is 10.2. The zero-order valence-electron chi connectivity index (χ0n) is 14.7. The van der Waals surface area contributed by atoms with Gasteiger partial charge in [0.15, 0.2) is 16.8 Å². The van der Waals surface area contributed by atoms with E-state index in [0.29, 0.717) is 15.9 Å². The van der Waals surface area contributed by atoms with E-state index < -0.39 is 0 Å². The Morgan fingerprint density at radius 3 is 2.62 bits per heavy atom. The lowest BCUT2D eigenvalue weighted by Gasteiger charge is -2.20. The van der Waals surface area contributed by atoms with E-state index in [1.54, 1.807) is 0 Å². The highest BCUT2D eigenvalue weighted by molar-refractivity contribution is 7.99. The van der Waals surface area contributed by atoms with Crippen molar-refractivity contribution < 1.29 is 4.79 Å². The van der Waals surface area contributed by atoms with Crippen molar-refractivity contribution in [3.05, 3.63) is 57.5 Å². The number of benzene rings is 1. The third kappa shape index (κ3) is 4.17. The van der Waals surface area contributed by atoms with E-state index in [4.69, 9.17) is 11.6 Å². The average molecular weight is 407 g/mol. The molecule has 1 aromatic carbocycles. The van der Waals surface area contributed by atoms with Gasteiger partial charge in [0.25, 0.3) is 0 Å². The van der Waals surface area contributed by atoms with Gasteiger partial charge < -0.3 is 0 Å². The third-order valence-electron chi connectivity index (χ3n) is 4.02. The maximum absolute atomic E-state index is 12.3. The molecule has 0 amide bonds. The number of hydrogen-bond acceptors (Lipinski definition) is 6. The molecule has 0 bridgehead atoms. The van der Waals surface area contributed by atoms with E-state index in [1.807, 2.05) is 60.4 Å². The van der Waals surface area contributed by atoms with Crippen LogP contribution in [0.5, 0.6) is 0 Å². The molecule has 8 heteroatoms. The molecule has 0 saturated heterocycles. The number of halogens is 1. The van der Waals surface area contributed by atoms with Gasteiger partial charge in [-0.1, -0.05) is 29.4 Å². The van der Waals surface area contributed by atoms with Gasteiger partial charge in [-0.3, -0.25) is 14.3 Å². The Kier molecular flexibility index (Phi) is 6.13. The van der Waals surface area contributed by atoms with Crippen LogP contribution < -0.4 is 0 Å². The molecule has 3 rings (SSSR count). The minimum Gasteiger partial charge on any atom is -0.300 e. The van der Waals surface area contributed by atoms with E-state index >= 15 is 0 Å². The van der Waals surface area contributed by atoms with Crippen LogP contribution in [0, 0.1) is 0 Å². The molecule has 0 unspecified atom stereocenters. The lowest BCUT2D eigenvalue weighted by Crippen LogP contribution is -2.20. The standard InChI is InChI=1S/C18H19ClN4OS2/c1-12(22(2)3)17-20-21-18(23(17)14-8-6-13(19)7-9-14)26-11-15(24)16-5-4-10-25-16/h4-10,12H,11H2,1-3H3/t12-/m0/s1. The van der Waals surface area contributed by atoms with E-state index in [0.717, 1.165) is 16.4 Å². The van der Waals surface area contributed by atoms with Gasteiger partial charge in [0.1, 0.15) is 0 Å². The summed E-state index contributed by atoms with van der Waals surface area (Å²) in [6, 6.07) is 11.3. The number of ketones is 1. The summed E-state index contributed by atoms with van der Waals surface area (Å²) < 4.78 is 1.99. The number of thiophene rings is 1. The van der Waals surface area contributed by atoms with Gasteiger partial charge in [-0.15, -0.1) is 21.5 Å². The summed E-state index contributed by atoms with van der Waals surface area (Å²) >= 11 is 8.88. The highest BCUT2D eigenvalue weighted by Crippen LogP contribution is 2.28. The fraction of sp³-hybridized carbons (Fsp3) is 0.278. The monoisotopic (exact) mass is 406 g/mol. The first-order valence-corrected chi connectivity index (χ1v) is 10.3. The molecule has 0 aliphatic heterocycles. The zero-order chi connectivity index (χ0) is 18.7. The van der Waals surface area contributed by atoms with Gasteiger partial charge in [-0.05, 0) is 56.7 Å². The lowest BCUT2D eigenvalue weighted by molar-refractivity contribution is 0.102. The predicted molar refractivity (Wildman–Crippen MR) is 108 cm³/mol. The van der Waals surface area contributed by atoms with E-state index in [2.05, 4.69) is 22.0 Å². The molecule has 2 heterocycles. The highest BCUT2D eigenvalue weighted by Gasteiger charge is 2.21.